The molecule has 2 fully saturated rings. The summed E-state index contributed by atoms with van der Waals surface area (Å²) in [6.07, 6.45) is -4.41. The van der Waals surface area contributed by atoms with Gasteiger partial charge in [-0.25, -0.2) is 0 Å². The fourth-order valence-corrected chi connectivity index (χ4v) is 5.15. The van der Waals surface area contributed by atoms with Crippen LogP contribution in [0.5, 0.6) is 0 Å². The van der Waals surface area contributed by atoms with Gasteiger partial charge in [0.2, 0.25) is 0 Å². The lowest BCUT2D eigenvalue weighted by molar-refractivity contribution is -0.894. The third-order valence-corrected chi connectivity index (χ3v) is 7.51. The molecule has 4 rings (SSSR count). The third kappa shape index (κ3) is 9.50. The van der Waals surface area contributed by atoms with Crippen molar-refractivity contribution in [2.24, 2.45) is 5.11 Å². The minimum Gasteiger partial charge on any atom is -0.566 e. The number of hydrogen-bond acceptors (Lipinski definition) is 10. The zero-order chi connectivity index (χ0) is 30.5. The van der Waals surface area contributed by atoms with Gasteiger partial charge in [-0.15, -0.1) is 4.52 Å². The van der Waals surface area contributed by atoms with E-state index in [2.05, 4.69) is 30.8 Å². The number of nitrogens with zero attached hydrogens (tertiary/aromatic N) is 4. The van der Waals surface area contributed by atoms with Crippen molar-refractivity contribution in [1.29, 1.82) is 0 Å². The fourth-order valence-electron chi connectivity index (χ4n) is 4.71. The molecule has 0 radical (unpaired) electrons. The summed E-state index contributed by atoms with van der Waals surface area (Å²) in [4.78, 5) is 26.3. The van der Waals surface area contributed by atoms with Crippen LogP contribution in [0.3, 0.4) is 0 Å². The Morgan fingerprint density at radius 1 is 1.10 bits per heavy atom. The first-order valence-corrected chi connectivity index (χ1v) is 14.9. The average molecular weight is 607 g/mol. The molecule has 2 aliphatic rings. The van der Waals surface area contributed by atoms with E-state index >= 15 is 0 Å². The van der Waals surface area contributed by atoms with Gasteiger partial charge >= 0.3 is 8.25 Å². The molecule has 15 heteroatoms. The SMILES string of the molecule is CC[NH+](CC)CC.[N-]=[N+]=N[C@H]1[C@H](OCCc2ccc([N+](=O)[O-])cc2)O[C@@H]2CO[C@H](c3ccccc3)O[C@@H]2[C@@H]1O[P+](=O)[O-]. The number of azide groups is 1. The Morgan fingerprint density at radius 2 is 1.76 bits per heavy atom. The largest absolute Gasteiger partial charge is 0.566 e. The number of hydrogen-bond donors (Lipinski definition) is 1. The van der Waals surface area contributed by atoms with Crippen LogP contribution in [0.15, 0.2) is 59.7 Å². The monoisotopic (exact) mass is 606 g/mol. The summed E-state index contributed by atoms with van der Waals surface area (Å²) in [6, 6.07) is 13.9. The summed E-state index contributed by atoms with van der Waals surface area (Å²) in [6.45, 7) is 10.6. The molecule has 2 aromatic carbocycles. The van der Waals surface area contributed by atoms with Crippen molar-refractivity contribution in [3.63, 3.8) is 0 Å². The van der Waals surface area contributed by atoms with E-state index in [9.17, 15) is 19.6 Å². The second kappa shape index (κ2) is 17.2. The zero-order valence-electron chi connectivity index (χ0n) is 23.8. The number of rotatable bonds is 12. The molecule has 2 saturated heterocycles. The maximum Gasteiger partial charge on any atom is 0.488 e. The lowest BCUT2D eigenvalue weighted by Crippen LogP contribution is -3.11. The Balaban J connectivity index is 0.000000616. The van der Waals surface area contributed by atoms with E-state index in [-0.39, 0.29) is 18.9 Å². The number of nitrogens with one attached hydrogen (secondary N) is 1. The number of nitro benzene ring substituents is 1. The topological polar surface area (TPSA) is 183 Å². The van der Waals surface area contributed by atoms with Crippen molar-refractivity contribution in [2.75, 3.05) is 32.8 Å². The van der Waals surface area contributed by atoms with Crippen LogP contribution in [0.4, 0.5) is 5.69 Å². The van der Waals surface area contributed by atoms with Crippen molar-refractivity contribution in [2.45, 2.75) is 64.1 Å². The van der Waals surface area contributed by atoms with Crippen molar-refractivity contribution in [3.8, 4) is 0 Å². The molecule has 7 atom stereocenters. The highest BCUT2D eigenvalue weighted by atomic mass is 31.1. The Hall–Kier alpha value is -3.03. The first kappa shape index (κ1) is 33.5. The first-order valence-electron chi connectivity index (χ1n) is 13.8. The quantitative estimate of drug-likeness (QED) is 0.0948. The summed E-state index contributed by atoms with van der Waals surface area (Å²) in [5.41, 5.74) is 10.6. The molecule has 0 saturated carbocycles. The van der Waals surface area contributed by atoms with Crippen LogP contribution in [0.2, 0.25) is 0 Å². The van der Waals surface area contributed by atoms with E-state index in [1.54, 1.807) is 29.2 Å². The number of ether oxygens (including phenoxy) is 4. The minimum absolute atomic E-state index is 0.0300. The minimum atomic E-state index is -3.31. The van der Waals surface area contributed by atoms with Gasteiger partial charge in [-0.3, -0.25) is 10.1 Å². The van der Waals surface area contributed by atoms with E-state index in [4.69, 9.17) is 29.0 Å². The van der Waals surface area contributed by atoms with E-state index in [0.29, 0.717) is 6.42 Å². The van der Waals surface area contributed by atoms with Gasteiger partial charge in [0.25, 0.3) is 5.69 Å². The summed E-state index contributed by atoms with van der Waals surface area (Å²) in [5, 5.41) is 14.5. The molecular weight excluding hydrogens is 569 g/mol. The molecule has 1 unspecified atom stereocenters. The number of nitro groups is 1. The second-order valence-electron chi connectivity index (χ2n) is 9.56. The molecule has 0 aliphatic carbocycles. The van der Waals surface area contributed by atoms with Crippen LogP contribution in [-0.4, -0.2) is 68.4 Å². The standard InChI is InChI=1S/C21H21N4O9P.C6H15N/c22-24-23-17-19(34-35(28)29)18-16(12-31-20(33-18)14-4-2-1-3-5-14)32-21(17)30-11-10-13-6-8-15(9-7-13)25(26)27;1-4-7(5-2)6-3/h1-9,16-21H,10-12H2;4-6H2,1-3H3/p+1/t16-,17-,18+,19-,20+,21-;/m1./s1. The highest BCUT2D eigenvalue weighted by Gasteiger charge is 2.53. The molecular formula is C27H37N5O9P+. The van der Waals surface area contributed by atoms with Gasteiger partial charge in [-0.1, -0.05) is 47.6 Å². The van der Waals surface area contributed by atoms with Crippen LogP contribution in [0.1, 0.15) is 38.2 Å². The summed E-state index contributed by atoms with van der Waals surface area (Å²) in [7, 11) is -3.31. The maximum absolute atomic E-state index is 11.5. The van der Waals surface area contributed by atoms with E-state index in [0.717, 1.165) is 11.1 Å². The molecule has 1 N–H and O–H groups in total. The van der Waals surface area contributed by atoms with Crippen molar-refractivity contribution in [3.05, 3.63) is 86.3 Å². The van der Waals surface area contributed by atoms with Crippen molar-refractivity contribution in [1.82, 2.24) is 0 Å². The molecule has 228 valence electrons. The van der Waals surface area contributed by atoms with E-state index in [1.165, 1.54) is 31.8 Å². The van der Waals surface area contributed by atoms with Crippen LogP contribution in [0, 0.1) is 10.1 Å². The van der Waals surface area contributed by atoms with Crippen LogP contribution < -0.4 is 9.79 Å². The number of quaternary nitrogens is 1. The predicted octanol–water partition coefficient (Wildman–Crippen LogP) is 3.01. The van der Waals surface area contributed by atoms with Crippen LogP contribution >= 0.6 is 8.25 Å². The Morgan fingerprint density at radius 3 is 2.31 bits per heavy atom. The van der Waals surface area contributed by atoms with Gasteiger partial charge in [0.15, 0.2) is 18.7 Å². The Bertz CT molecular complexity index is 1180. The second-order valence-corrected chi connectivity index (χ2v) is 10.2. The first-order chi connectivity index (χ1) is 20.3. The predicted molar refractivity (Wildman–Crippen MR) is 149 cm³/mol. The smallest absolute Gasteiger partial charge is 0.488 e. The fraction of sp³-hybridized carbons (Fsp3) is 0.556. The molecule has 14 nitrogen and oxygen atoms in total. The third-order valence-electron chi connectivity index (χ3n) is 7.09. The number of fused-ring (bicyclic) bond motifs is 1. The molecule has 0 aromatic heterocycles. The van der Waals surface area contributed by atoms with Crippen molar-refractivity contribution >= 4 is 13.9 Å². The van der Waals surface area contributed by atoms with Gasteiger partial charge < -0.3 is 28.7 Å². The maximum atomic E-state index is 11.5. The van der Waals surface area contributed by atoms with Gasteiger partial charge in [-0.2, -0.15) is 0 Å². The highest BCUT2D eigenvalue weighted by molar-refractivity contribution is 7.30. The summed E-state index contributed by atoms with van der Waals surface area (Å²) < 4.78 is 40.1. The van der Waals surface area contributed by atoms with Gasteiger partial charge in [-0.05, 0) is 42.9 Å². The lowest BCUT2D eigenvalue weighted by atomic mass is 9.96. The summed E-state index contributed by atoms with van der Waals surface area (Å²) >= 11 is 0. The molecule has 42 heavy (non-hydrogen) atoms. The van der Waals surface area contributed by atoms with E-state index in [1.807, 2.05) is 18.2 Å². The van der Waals surface area contributed by atoms with Gasteiger partial charge in [0, 0.05) is 22.6 Å². The molecule has 0 spiro atoms. The zero-order valence-corrected chi connectivity index (χ0v) is 24.7. The summed E-state index contributed by atoms with van der Waals surface area (Å²) in [5.74, 6) is 0. The van der Waals surface area contributed by atoms with E-state index < -0.39 is 50.1 Å². The Labute approximate surface area is 245 Å². The molecule has 2 aromatic rings. The van der Waals surface area contributed by atoms with Crippen molar-refractivity contribution < 1.29 is 42.8 Å². The number of benzene rings is 2. The molecule has 2 heterocycles. The molecule has 2 aliphatic heterocycles. The number of non-ortho nitro benzene ring substituents is 1. The van der Waals surface area contributed by atoms with Crippen LogP contribution in [-0.2, 0) is 34.5 Å². The molecule has 0 bridgehead atoms. The van der Waals surface area contributed by atoms with Gasteiger partial charge in [0.1, 0.15) is 18.2 Å². The highest BCUT2D eigenvalue weighted by Crippen LogP contribution is 2.38. The average Bonchev–Trinajstić information content (AvgIpc) is 3.00. The normalized spacial score (nSPS) is 25.4. The van der Waals surface area contributed by atoms with Gasteiger partial charge in [0.05, 0.1) is 37.8 Å². The Kier molecular flexibility index (Phi) is 13.7. The molecule has 0 amide bonds. The van der Waals surface area contributed by atoms with Crippen LogP contribution in [0.25, 0.3) is 10.4 Å². The lowest BCUT2D eigenvalue weighted by Gasteiger charge is -2.46.